The van der Waals surface area contributed by atoms with Gasteiger partial charge in [0.2, 0.25) is 10.0 Å². The zero-order valence-electron chi connectivity index (χ0n) is 12.2. The molecular weight excluding hydrogens is 348 g/mol. The third-order valence-corrected chi connectivity index (χ3v) is 6.35. The van der Waals surface area contributed by atoms with Crippen LogP contribution in [0.5, 0.6) is 0 Å². The first kappa shape index (κ1) is 17.6. The minimum atomic E-state index is -4.04. The van der Waals surface area contributed by atoms with Crippen LogP contribution in [0.2, 0.25) is 5.02 Å². The first-order chi connectivity index (χ1) is 10.6. The molecule has 2 atom stereocenters. The van der Waals surface area contributed by atoms with E-state index in [1.165, 1.54) is 0 Å². The first-order valence-corrected chi connectivity index (χ1v) is 8.65. The van der Waals surface area contributed by atoms with Crippen molar-refractivity contribution in [3.63, 3.8) is 0 Å². The Morgan fingerprint density at radius 3 is 2.61 bits per heavy atom. The van der Waals surface area contributed by atoms with Crippen molar-refractivity contribution in [1.82, 2.24) is 4.31 Å². The number of aliphatic carboxylic acids is 1. The van der Waals surface area contributed by atoms with Crippen molar-refractivity contribution in [1.29, 1.82) is 0 Å². The molecule has 0 radical (unpaired) electrons. The van der Waals surface area contributed by atoms with E-state index in [2.05, 4.69) is 0 Å². The van der Waals surface area contributed by atoms with Crippen molar-refractivity contribution in [2.24, 2.45) is 5.92 Å². The molecule has 10 heteroatoms. The molecule has 2 unspecified atom stereocenters. The smallest absolute Gasteiger partial charge is 0.307 e. The van der Waals surface area contributed by atoms with Crippen LogP contribution in [-0.2, 0) is 14.8 Å². The van der Waals surface area contributed by atoms with E-state index in [-0.39, 0.29) is 28.2 Å². The summed E-state index contributed by atoms with van der Waals surface area (Å²) in [6.07, 6.45) is 0.817. The summed E-state index contributed by atoms with van der Waals surface area (Å²) in [7, 11) is -4.04. The van der Waals surface area contributed by atoms with Gasteiger partial charge in [0.15, 0.2) is 0 Å². The molecule has 1 fully saturated rings. The number of halogens is 1. The molecule has 1 aliphatic heterocycles. The van der Waals surface area contributed by atoms with E-state index < -0.39 is 26.8 Å². The molecule has 126 valence electrons. The van der Waals surface area contributed by atoms with Crippen molar-refractivity contribution in [2.75, 3.05) is 6.54 Å². The summed E-state index contributed by atoms with van der Waals surface area (Å²) >= 11 is 5.90. The van der Waals surface area contributed by atoms with Gasteiger partial charge in [-0.15, -0.1) is 0 Å². The molecule has 8 nitrogen and oxygen atoms in total. The standard InChI is InChI=1S/C13H15ClN2O6S/c1-8-2-3-9(13(17)18)7-15(8)23(21,22)12-5-4-10(16(19)20)6-11(12)14/h4-6,8-9H,2-3,7H2,1H3,(H,17,18). The highest BCUT2D eigenvalue weighted by Crippen LogP contribution is 2.33. The zero-order valence-corrected chi connectivity index (χ0v) is 13.7. The molecular formula is C13H15ClN2O6S. The lowest BCUT2D eigenvalue weighted by Gasteiger charge is -2.35. The van der Waals surface area contributed by atoms with Crippen LogP contribution in [0.1, 0.15) is 19.8 Å². The summed E-state index contributed by atoms with van der Waals surface area (Å²) in [5, 5.41) is 19.6. The molecule has 0 saturated carbocycles. The molecule has 2 rings (SSSR count). The quantitative estimate of drug-likeness (QED) is 0.647. The van der Waals surface area contributed by atoms with Crippen LogP contribution in [-0.4, -0.2) is 41.3 Å². The van der Waals surface area contributed by atoms with Crippen molar-refractivity contribution in [3.05, 3.63) is 33.3 Å². The Kier molecular flexibility index (Phi) is 4.92. The summed E-state index contributed by atoms with van der Waals surface area (Å²) in [6, 6.07) is 2.73. The van der Waals surface area contributed by atoms with Crippen LogP contribution in [0, 0.1) is 16.0 Å². The number of non-ortho nitro benzene ring substituents is 1. The Morgan fingerprint density at radius 1 is 1.43 bits per heavy atom. The number of piperidine rings is 1. The number of nitrogens with zero attached hydrogens (tertiary/aromatic N) is 2. The fourth-order valence-corrected chi connectivity index (χ4v) is 4.77. The molecule has 0 amide bonds. The summed E-state index contributed by atoms with van der Waals surface area (Å²) in [6.45, 7) is 1.54. The van der Waals surface area contributed by atoms with Gasteiger partial charge in [-0.1, -0.05) is 11.6 Å². The van der Waals surface area contributed by atoms with Crippen molar-refractivity contribution in [2.45, 2.75) is 30.7 Å². The van der Waals surface area contributed by atoms with Gasteiger partial charge in [-0.05, 0) is 25.8 Å². The van der Waals surface area contributed by atoms with Gasteiger partial charge in [-0.2, -0.15) is 4.31 Å². The predicted octanol–water partition coefficient (Wildman–Crippen LogP) is 2.12. The molecule has 23 heavy (non-hydrogen) atoms. The lowest BCUT2D eigenvalue weighted by molar-refractivity contribution is -0.384. The normalized spacial score (nSPS) is 22.7. The molecule has 0 bridgehead atoms. The maximum absolute atomic E-state index is 12.7. The topological polar surface area (TPSA) is 118 Å². The van der Waals surface area contributed by atoms with Crippen LogP contribution in [0.3, 0.4) is 0 Å². The maximum Gasteiger partial charge on any atom is 0.307 e. The maximum atomic E-state index is 12.7. The third kappa shape index (κ3) is 3.46. The monoisotopic (exact) mass is 362 g/mol. The Bertz CT molecular complexity index is 751. The van der Waals surface area contributed by atoms with E-state index in [9.17, 15) is 23.3 Å². The van der Waals surface area contributed by atoms with Gasteiger partial charge >= 0.3 is 5.97 Å². The second-order valence-corrected chi connectivity index (χ2v) is 7.67. The second kappa shape index (κ2) is 6.42. The second-order valence-electron chi connectivity index (χ2n) is 5.41. The zero-order chi connectivity index (χ0) is 17.4. The highest BCUT2D eigenvalue weighted by molar-refractivity contribution is 7.89. The van der Waals surface area contributed by atoms with Crippen LogP contribution in [0.25, 0.3) is 0 Å². The SMILES string of the molecule is CC1CCC(C(=O)O)CN1S(=O)(=O)c1ccc([N+](=O)[O-])cc1Cl. The fraction of sp³-hybridized carbons (Fsp3) is 0.462. The summed E-state index contributed by atoms with van der Waals surface area (Å²) in [5.41, 5.74) is -0.316. The van der Waals surface area contributed by atoms with Crippen molar-refractivity contribution in [3.8, 4) is 0 Å². The average Bonchev–Trinajstić information content (AvgIpc) is 2.46. The van der Waals surface area contributed by atoms with E-state index in [0.717, 1.165) is 22.5 Å². The number of carboxylic acid groups (broad SMARTS) is 1. The summed E-state index contributed by atoms with van der Waals surface area (Å²) in [5.74, 6) is -1.83. The number of hydrogen-bond donors (Lipinski definition) is 1. The van der Waals surface area contributed by atoms with Crippen molar-refractivity contribution >= 4 is 33.3 Å². The highest BCUT2D eigenvalue weighted by Gasteiger charge is 2.38. The molecule has 1 saturated heterocycles. The van der Waals surface area contributed by atoms with Crippen LogP contribution >= 0.6 is 11.6 Å². The van der Waals surface area contributed by atoms with E-state index in [1.54, 1.807) is 6.92 Å². The average molecular weight is 363 g/mol. The minimum Gasteiger partial charge on any atom is -0.481 e. The number of nitro groups is 1. The molecule has 1 N–H and O–H groups in total. The molecule has 0 aliphatic carbocycles. The largest absolute Gasteiger partial charge is 0.481 e. The lowest BCUT2D eigenvalue weighted by atomic mass is 9.96. The molecule has 0 aromatic heterocycles. The number of carbonyl (C=O) groups is 1. The van der Waals surface area contributed by atoms with Gasteiger partial charge in [0.1, 0.15) is 4.90 Å². The Labute approximate surface area is 137 Å². The Hall–Kier alpha value is -1.71. The number of carboxylic acids is 1. The Morgan fingerprint density at radius 2 is 2.09 bits per heavy atom. The number of nitro benzene ring substituents is 1. The van der Waals surface area contributed by atoms with Crippen LogP contribution < -0.4 is 0 Å². The predicted molar refractivity (Wildman–Crippen MR) is 81.8 cm³/mol. The minimum absolute atomic E-state index is 0.147. The van der Waals surface area contributed by atoms with Crippen LogP contribution in [0.4, 0.5) is 5.69 Å². The van der Waals surface area contributed by atoms with Gasteiger partial charge in [-0.3, -0.25) is 14.9 Å². The number of benzene rings is 1. The molecule has 1 aromatic rings. The number of sulfonamides is 1. The van der Waals surface area contributed by atoms with Gasteiger partial charge < -0.3 is 5.11 Å². The molecule has 1 aromatic carbocycles. The highest BCUT2D eigenvalue weighted by atomic mass is 35.5. The summed E-state index contributed by atoms with van der Waals surface area (Å²) < 4.78 is 26.6. The van der Waals surface area contributed by atoms with E-state index in [0.29, 0.717) is 12.8 Å². The first-order valence-electron chi connectivity index (χ1n) is 6.83. The molecule has 1 aliphatic rings. The molecule has 1 heterocycles. The van der Waals surface area contributed by atoms with Crippen LogP contribution in [0.15, 0.2) is 23.1 Å². The molecule has 0 spiro atoms. The van der Waals surface area contributed by atoms with Gasteiger partial charge in [0.25, 0.3) is 5.69 Å². The van der Waals surface area contributed by atoms with Gasteiger partial charge in [0.05, 0.1) is 15.9 Å². The van der Waals surface area contributed by atoms with E-state index in [4.69, 9.17) is 16.7 Å². The fourth-order valence-electron chi connectivity index (χ4n) is 2.55. The summed E-state index contributed by atoms with van der Waals surface area (Å²) in [4.78, 5) is 20.9. The van der Waals surface area contributed by atoms with Crippen molar-refractivity contribution < 1.29 is 23.2 Å². The van der Waals surface area contributed by atoms with E-state index in [1.807, 2.05) is 0 Å². The Balaban J connectivity index is 2.40. The van der Waals surface area contributed by atoms with E-state index >= 15 is 0 Å². The number of rotatable bonds is 4. The third-order valence-electron chi connectivity index (χ3n) is 3.89. The lowest BCUT2D eigenvalue weighted by Crippen LogP contribution is -2.47. The van der Waals surface area contributed by atoms with Gasteiger partial charge in [-0.25, -0.2) is 8.42 Å². The number of hydrogen-bond acceptors (Lipinski definition) is 5. The van der Waals surface area contributed by atoms with Gasteiger partial charge in [0, 0.05) is 24.7 Å².